The number of nitrogens with one attached hydrogen (secondary N) is 1. The molecule has 0 bridgehead atoms. The zero-order chi connectivity index (χ0) is 16.0. The Bertz CT molecular complexity index is 520. The van der Waals surface area contributed by atoms with Crippen LogP contribution in [-0.4, -0.2) is 43.3 Å². The maximum absolute atomic E-state index is 12.3. The summed E-state index contributed by atoms with van der Waals surface area (Å²) in [6, 6.07) is 0. The van der Waals surface area contributed by atoms with Gasteiger partial charge in [0.05, 0.1) is 18.8 Å². The Balaban J connectivity index is 3.16. The van der Waals surface area contributed by atoms with Crippen LogP contribution in [0, 0.1) is 13.8 Å². The molecule has 1 aromatic rings. The predicted molar refractivity (Wildman–Crippen MR) is 79.7 cm³/mol. The monoisotopic (exact) mass is 296 g/mol. The Morgan fingerprint density at radius 1 is 1.24 bits per heavy atom. The Labute approximate surface area is 125 Å². The van der Waals surface area contributed by atoms with Crippen LogP contribution in [0.1, 0.15) is 46.0 Å². The fourth-order valence-corrected chi connectivity index (χ4v) is 2.44. The minimum Gasteiger partial charge on any atom is -0.461 e. The van der Waals surface area contributed by atoms with Crippen molar-refractivity contribution in [3.8, 4) is 0 Å². The van der Waals surface area contributed by atoms with E-state index in [9.17, 15) is 9.59 Å². The van der Waals surface area contributed by atoms with Crippen LogP contribution in [0.25, 0.3) is 0 Å². The first-order chi connectivity index (χ1) is 9.99. The normalized spacial score (nSPS) is 10.5. The highest BCUT2D eigenvalue weighted by molar-refractivity contribution is 6.01. The molecule has 118 valence electrons. The fraction of sp³-hybridized carbons (Fsp3) is 0.600. The maximum atomic E-state index is 12.3. The molecule has 1 rings (SSSR count). The minimum absolute atomic E-state index is 0.195. The number of hydrogen-bond acceptors (Lipinski definition) is 4. The molecule has 1 aromatic heterocycles. The van der Waals surface area contributed by atoms with Crippen molar-refractivity contribution in [1.29, 1.82) is 0 Å². The molecule has 0 aromatic carbocycles. The molecule has 0 spiro atoms. The number of ether oxygens (including phenoxy) is 2. The average molecular weight is 296 g/mol. The minimum atomic E-state index is -0.393. The summed E-state index contributed by atoms with van der Waals surface area (Å²) in [5.41, 5.74) is 2.42. The number of aromatic nitrogens is 1. The van der Waals surface area contributed by atoms with Crippen LogP contribution < -0.4 is 5.32 Å². The van der Waals surface area contributed by atoms with Gasteiger partial charge >= 0.3 is 5.97 Å². The lowest BCUT2D eigenvalue weighted by atomic mass is 10.1. The highest BCUT2D eigenvalue weighted by Crippen LogP contribution is 2.23. The van der Waals surface area contributed by atoms with Crippen molar-refractivity contribution in [2.45, 2.75) is 34.2 Å². The molecule has 0 atom stereocenters. The van der Waals surface area contributed by atoms with Crippen LogP contribution >= 0.6 is 0 Å². The Hall–Kier alpha value is -1.82. The largest absolute Gasteiger partial charge is 0.461 e. The van der Waals surface area contributed by atoms with Crippen LogP contribution in [0.15, 0.2) is 0 Å². The molecular formula is C15H24N2O4. The molecule has 0 aliphatic heterocycles. The lowest BCUT2D eigenvalue weighted by molar-refractivity contribution is 0.0512. The number of nitrogens with zero attached hydrogens (tertiary/aromatic N) is 1. The molecule has 0 aliphatic rings. The van der Waals surface area contributed by atoms with E-state index in [1.165, 1.54) is 0 Å². The first-order valence-corrected chi connectivity index (χ1v) is 7.13. The van der Waals surface area contributed by atoms with Crippen LogP contribution in [-0.2, 0) is 16.0 Å². The highest BCUT2D eigenvalue weighted by atomic mass is 16.5. The van der Waals surface area contributed by atoms with Gasteiger partial charge in [0, 0.05) is 25.9 Å². The lowest BCUT2D eigenvalue weighted by Gasteiger charge is -2.08. The summed E-state index contributed by atoms with van der Waals surface area (Å²) in [6.07, 6.45) is 0. The number of esters is 1. The van der Waals surface area contributed by atoms with E-state index in [-0.39, 0.29) is 5.91 Å². The Kier molecular flexibility index (Phi) is 6.42. The van der Waals surface area contributed by atoms with Gasteiger partial charge in [-0.15, -0.1) is 0 Å². The molecule has 0 fully saturated rings. The summed E-state index contributed by atoms with van der Waals surface area (Å²) in [4.78, 5) is 24.4. The number of carbonyl (C=O) groups is 2. The van der Waals surface area contributed by atoms with E-state index in [0.717, 1.165) is 5.69 Å². The van der Waals surface area contributed by atoms with Crippen LogP contribution in [0.4, 0.5) is 0 Å². The van der Waals surface area contributed by atoms with E-state index in [1.807, 2.05) is 18.4 Å². The van der Waals surface area contributed by atoms with E-state index < -0.39 is 5.97 Å². The van der Waals surface area contributed by atoms with Crippen LogP contribution in [0.5, 0.6) is 0 Å². The van der Waals surface area contributed by atoms with E-state index in [2.05, 4.69) is 5.32 Å². The molecule has 1 amide bonds. The van der Waals surface area contributed by atoms with Crippen molar-refractivity contribution >= 4 is 11.9 Å². The van der Waals surface area contributed by atoms with Gasteiger partial charge in [0.2, 0.25) is 0 Å². The predicted octanol–water partition coefficient (Wildman–Crippen LogP) is 1.68. The molecule has 0 saturated carbocycles. The van der Waals surface area contributed by atoms with Gasteiger partial charge in [-0.2, -0.15) is 0 Å². The van der Waals surface area contributed by atoms with Gasteiger partial charge in [0.1, 0.15) is 5.69 Å². The van der Waals surface area contributed by atoms with E-state index in [1.54, 1.807) is 21.0 Å². The van der Waals surface area contributed by atoms with Gasteiger partial charge in [-0.1, -0.05) is 0 Å². The molecule has 0 radical (unpaired) electrons. The zero-order valence-electron chi connectivity index (χ0n) is 13.4. The summed E-state index contributed by atoms with van der Waals surface area (Å²) >= 11 is 0. The van der Waals surface area contributed by atoms with Crippen LogP contribution in [0.2, 0.25) is 0 Å². The molecule has 1 N–H and O–H groups in total. The first-order valence-electron chi connectivity index (χ1n) is 7.13. The van der Waals surface area contributed by atoms with Gasteiger partial charge in [-0.25, -0.2) is 4.79 Å². The van der Waals surface area contributed by atoms with Gasteiger partial charge in [-0.3, -0.25) is 4.79 Å². The molecule has 6 nitrogen and oxygen atoms in total. The highest BCUT2D eigenvalue weighted by Gasteiger charge is 2.26. The van der Waals surface area contributed by atoms with Crippen molar-refractivity contribution in [1.82, 2.24) is 9.88 Å². The van der Waals surface area contributed by atoms with Gasteiger partial charge < -0.3 is 19.4 Å². The molecule has 0 aliphatic carbocycles. The number of hydrogen-bond donors (Lipinski definition) is 1. The van der Waals surface area contributed by atoms with Gasteiger partial charge in [0.15, 0.2) is 0 Å². The topological polar surface area (TPSA) is 69.6 Å². The smallest absolute Gasteiger partial charge is 0.355 e. The van der Waals surface area contributed by atoms with Crippen molar-refractivity contribution in [3.63, 3.8) is 0 Å². The maximum Gasteiger partial charge on any atom is 0.355 e. The Morgan fingerprint density at radius 2 is 1.90 bits per heavy atom. The number of rotatable bonds is 7. The van der Waals surface area contributed by atoms with Crippen molar-refractivity contribution < 1.29 is 19.1 Å². The van der Waals surface area contributed by atoms with Gasteiger partial charge in [-0.05, 0) is 33.3 Å². The summed E-state index contributed by atoms with van der Waals surface area (Å²) in [5.74, 6) is -0.587. The summed E-state index contributed by atoms with van der Waals surface area (Å²) in [7, 11) is 1.58. The Morgan fingerprint density at radius 3 is 2.43 bits per heavy atom. The SMILES string of the molecule is CCOC(=O)c1c(C)c(C(=O)NCCOC)c(C)n1CC. The lowest BCUT2D eigenvalue weighted by Crippen LogP contribution is -2.27. The number of carbonyl (C=O) groups excluding carboxylic acids is 2. The second kappa shape index (κ2) is 7.83. The first kappa shape index (κ1) is 17.2. The van der Waals surface area contributed by atoms with Gasteiger partial charge in [0.25, 0.3) is 5.91 Å². The summed E-state index contributed by atoms with van der Waals surface area (Å²) in [5, 5.41) is 2.79. The van der Waals surface area contributed by atoms with Crippen molar-refractivity contribution in [2.75, 3.05) is 26.9 Å². The van der Waals surface area contributed by atoms with E-state index >= 15 is 0 Å². The van der Waals surface area contributed by atoms with Crippen molar-refractivity contribution in [2.24, 2.45) is 0 Å². The summed E-state index contributed by atoms with van der Waals surface area (Å²) in [6.45, 7) is 9.09. The average Bonchev–Trinajstić information content (AvgIpc) is 2.69. The molecule has 1 heterocycles. The second-order valence-corrected chi connectivity index (χ2v) is 4.65. The molecule has 21 heavy (non-hydrogen) atoms. The third-order valence-electron chi connectivity index (χ3n) is 3.37. The molecule has 0 saturated heterocycles. The molecule has 6 heteroatoms. The van der Waals surface area contributed by atoms with E-state index in [0.29, 0.717) is 43.1 Å². The fourth-order valence-electron chi connectivity index (χ4n) is 2.44. The zero-order valence-corrected chi connectivity index (χ0v) is 13.4. The van der Waals surface area contributed by atoms with E-state index in [4.69, 9.17) is 9.47 Å². The third-order valence-corrected chi connectivity index (χ3v) is 3.37. The standard InChI is InChI=1S/C15H24N2O4/c1-6-17-11(4)12(14(18)16-8-9-20-5)10(3)13(17)15(19)21-7-2/h6-9H2,1-5H3,(H,16,18). The number of amides is 1. The number of methoxy groups -OCH3 is 1. The summed E-state index contributed by atoms with van der Waals surface area (Å²) < 4.78 is 11.8. The van der Waals surface area contributed by atoms with Crippen molar-refractivity contribution in [3.05, 3.63) is 22.5 Å². The third kappa shape index (κ3) is 3.64. The molecule has 0 unspecified atom stereocenters. The quantitative estimate of drug-likeness (QED) is 0.614. The molecular weight excluding hydrogens is 272 g/mol. The second-order valence-electron chi connectivity index (χ2n) is 4.65. The van der Waals surface area contributed by atoms with Crippen LogP contribution in [0.3, 0.4) is 0 Å².